The first-order chi connectivity index (χ1) is 8.24. The van der Waals surface area contributed by atoms with E-state index in [1.807, 2.05) is 4.90 Å². The Morgan fingerprint density at radius 1 is 1.18 bits per heavy atom. The molecule has 0 radical (unpaired) electrons. The zero-order valence-corrected chi connectivity index (χ0v) is 10.5. The monoisotopic (exact) mass is 242 g/mol. The number of carbonyl (C=O) groups is 2. The van der Waals surface area contributed by atoms with Crippen molar-refractivity contribution in [1.29, 1.82) is 0 Å². The molecule has 0 spiro atoms. The van der Waals surface area contributed by atoms with Crippen LogP contribution in [0.25, 0.3) is 0 Å². The molecule has 1 amide bonds. The van der Waals surface area contributed by atoms with Crippen LogP contribution in [0.5, 0.6) is 0 Å². The van der Waals surface area contributed by atoms with E-state index in [0.717, 1.165) is 25.9 Å². The quantitative estimate of drug-likeness (QED) is 0.565. The number of likely N-dealkylation sites (tertiary alicyclic amines) is 1. The van der Waals surface area contributed by atoms with Crippen LogP contribution in [0.1, 0.15) is 32.1 Å². The van der Waals surface area contributed by atoms with E-state index in [4.69, 9.17) is 0 Å². The SMILES string of the molecule is COC(=O)CCNCC(=O)N1CCCCCC1. The summed E-state index contributed by atoms with van der Waals surface area (Å²) in [6.45, 7) is 2.55. The van der Waals surface area contributed by atoms with Crippen molar-refractivity contribution in [3.63, 3.8) is 0 Å². The Labute approximate surface area is 102 Å². The lowest BCUT2D eigenvalue weighted by atomic mass is 10.2. The molecule has 98 valence electrons. The summed E-state index contributed by atoms with van der Waals surface area (Å²) in [5.74, 6) is -0.114. The van der Waals surface area contributed by atoms with E-state index in [2.05, 4.69) is 10.1 Å². The first-order valence-electron chi connectivity index (χ1n) is 6.29. The van der Waals surface area contributed by atoms with Gasteiger partial charge in [0.15, 0.2) is 0 Å². The van der Waals surface area contributed by atoms with E-state index in [1.54, 1.807) is 0 Å². The minimum atomic E-state index is -0.250. The van der Waals surface area contributed by atoms with Gasteiger partial charge in [0.1, 0.15) is 0 Å². The molecule has 1 fully saturated rings. The Bertz CT molecular complexity index is 248. The number of esters is 1. The first kappa shape index (κ1) is 14.0. The fourth-order valence-corrected chi connectivity index (χ4v) is 1.92. The highest BCUT2D eigenvalue weighted by molar-refractivity contribution is 5.78. The molecule has 0 aliphatic carbocycles. The normalized spacial score (nSPS) is 16.4. The van der Waals surface area contributed by atoms with Crippen molar-refractivity contribution in [1.82, 2.24) is 10.2 Å². The summed E-state index contributed by atoms with van der Waals surface area (Å²) in [7, 11) is 1.37. The van der Waals surface area contributed by atoms with Gasteiger partial charge in [0.25, 0.3) is 0 Å². The maximum atomic E-state index is 11.8. The number of hydrogen-bond donors (Lipinski definition) is 1. The summed E-state index contributed by atoms with van der Waals surface area (Å²) in [4.78, 5) is 24.6. The van der Waals surface area contributed by atoms with Crippen LogP contribution in [0.3, 0.4) is 0 Å². The molecule has 1 rings (SSSR count). The molecule has 1 N–H and O–H groups in total. The van der Waals surface area contributed by atoms with Gasteiger partial charge in [-0.2, -0.15) is 0 Å². The summed E-state index contributed by atoms with van der Waals surface area (Å²) >= 11 is 0. The van der Waals surface area contributed by atoms with Crippen LogP contribution in [0.4, 0.5) is 0 Å². The highest BCUT2D eigenvalue weighted by atomic mass is 16.5. The Kier molecular flexibility index (Phi) is 6.62. The zero-order chi connectivity index (χ0) is 12.5. The maximum absolute atomic E-state index is 11.8. The Morgan fingerprint density at radius 3 is 2.41 bits per heavy atom. The number of carbonyl (C=O) groups excluding carboxylic acids is 2. The van der Waals surface area contributed by atoms with Crippen LogP contribution in [-0.4, -0.2) is 50.1 Å². The topological polar surface area (TPSA) is 58.6 Å². The van der Waals surface area contributed by atoms with Crippen LogP contribution < -0.4 is 5.32 Å². The van der Waals surface area contributed by atoms with Crippen LogP contribution in [-0.2, 0) is 14.3 Å². The molecule has 17 heavy (non-hydrogen) atoms. The Morgan fingerprint density at radius 2 is 1.82 bits per heavy atom. The summed E-state index contributed by atoms with van der Waals surface area (Å²) in [6, 6.07) is 0. The molecule has 0 bridgehead atoms. The Balaban J connectivity index is 2.13. The molecular weight excluding hydrogens is 220 g/mol. The maximum Gasteiger partial charge on any atom is 0.306 e. The van der Waals surface area contributed by atoms with Crippen LogP contribution in [0, 0.1) is 0 Å². The van der Waals surface area contributed by atoms with Gasteiger partial charge in [-0.3, -0.25) is 9.59 Å². The molecule has 1 heterocycles. The summed E-state index contributed by atoms with van der Waals surface area (Å²) < 4.78 is 4.52. The van der Waals surface area contributed by atoms with Gasteiger partial charge in [-0.15, -0.1) is 0 Å². The molecular formula is C12H22N2O3. The number of amides is 1. The molecule has 5 nitrogen and oxygen atoms in total. The minimum Gasteiger partial charge on any atom is -0.469 e. The van der Waals surface area contributed by atoms with E-state index in [-0.39, 0.29) is 11.9 Å². The van der Waals surface area contributed by atoms with Gasteiger partial charge >= 0.3 is 5.97 Å². The number of hydrogen-bond acceptors (Lipinski definition) is 4. The van der Waals surface area contributed by atoms with Gasteiger partial charge < -0.3 is 15.0 Å². The molecule has 5 heteroatoms. The van der Waals surface area contributed by atoms with Gasteiger partial charge in [-0.25, -0.2) is 0 Å². The van der Waals surface area contributed by atoms with Crippen LogP contribution >= 0.6 is 0 Å². The van der Waals surface area contributed by atoms with Crippen molar-refractivity contribution in [2.45, 2.75) is 32.1 Å². The lowest BCUT2D eigenvalue weighted by molar-refractivity contribution is -0.140. The molecule has 0 aromatic carbocycles. The Hall–Kier alpha value is -1.10. The standard InChI is InChI=1S/C12H22N2O3/c1-17-12(16)6-7-13-10-11(15)14-8-4-2-3-5-9-14/h13H,2-10H2,1H3. The zero-order valence-electron chi connectivity index (χ0n) is 10.5. The third-order valence-corrected chi connectivity index (χ3v) is 2.97. The second-order valence-corrected chi connectivity index (χ2v) is 4.30. The lowest BCUT2D eigenvalue weighted by Gasteiger charge is -2.20. The number of nitrogens with one attached hydrogen (secondary N) is 1. The molecule has 0 saturated carbocycles. The van der Waals surface area contributed by atoms with E-state index < -0.39 is 0 Å². The van der Waals surface area contributed by atoms with Crippen molar-refractivity contribution in [2.24, 2.45) is 0 Å². The smallest absolute Gasteiger partial charge is 0.306 e. The third-order valence-electron chi connectivity index (χ3n) is 2.97. The predicted octanol–water partition coefficient (Wildman–Crippen LogP) is 0.542. The van der Waals surface area contributed by atoms with Gasteiger partial charge in [0, 0.05) is 19.6 Å². The summed E-state index contributed by atoms with van der Waals surface area (Å²) in [5.41, 5.74) is 0. The number of ether oxygens (including phenoxy) is 1. The molecule has 0 aromatic rings. The average molecular weight is 242 g/mol. The number of rotatable bonds is 5. The fraction of sp³-hybridized carbons (Fsp3) is 0.833. The highest BCUT2D eigenvalue weighted by Crippen LogP contribution is 2.09. The lowest BCUT2D eigenvalue weighted by Crippen LogP contribution is -2.39. The second-order valence-electron chi connectivity index (χ2n) is 4.30. The van der Waals surface area contributed by atoms with Crippen molar-refractivity contribution in [2.75, 3.05) is 33.3 Å². The van der Waals surface area contributed by atoms with Crippen molar-refractivity contribution >= 4 is 11.9 Å². The minimum absolute atomic E-state index is 0.136. The van der Waals surface area contributed by atoms with Crippen molar-refractivity contribution < 1.29 is 14.3 Å². The van der Waals surface area contributed by atoms with Crippen LogP contribution in [0.15, 0.2) is 0 Å². The van der Waals surface area contributed by atoms with E-state index in [0.29, 0.717) is 19.5 Å². The molecule has 1 aliphatic rings. The van der Waals surface area contributed by atoms with E-state index >= 15 is 0 Å². The average Bonchev–Trinajstić information content (AvgIpc) is 2.62. The predicted molar refractivity (Wildman–Crippen MR) is 64.6 cm³/mol. The third kappa shape index (κ3) is 5.68. The summed E-state index contributed by atoms with van der Waals surface area (Å²) in [5, 5.41) is 2.98. The molecule has 1 aliphatic heterocycles. The molecule has 0 unspecified atom stereocenters. The van der Waals surface area contributed by atoms with Crippen molar-refractivity contribution in [3.05, 3.63) is 0 Å². The van der Waals surface area contributed by atoms with E-state index in [9.17, 15) is 9.59 Å². The largest absolute Gasteiger partial charge is 0.469 e. The molecule has 1 saturated heterocycles. The first-order valence-corrected chi connectivity index (χ1v) is 6.29. The molecule has 0 aromatic heterocycles. The number of nitrogens with zero attached hydrogens (tertiary/aromatic N) is 1. The van der Waals surface area contributed by atoms with Crippen LogP contribution in [0.2, 0.25) is 0 Å². The van der Waals surface area contributed by atoms with Gasteiger partial charge in [-0.1, -0.05) is 12.8 Å². The van der Waals surface area contributed by atoms with Gasteiger partial charge in [-0.05, 0) is 12.8 Å². The molecule has 0 atom stereocenters. The number of methoxy groups -OCH3 is 1. The van der Waals surface area contributed by atoms with Gasteiger partial charge in [0.05, 0.1) is 20.1 Å². The van der Waals surface area contributed by atoms with Crippen molar-refractivity contribution in [3.8, 4) is 0 Å². The highest BCUT2D eigenvalue weighted by Gasteiger charge is 2.14. The van der Waals surface area contributed by atoms with E-state index in [1.165, 1.54) is 20.0 Å². The summed E-state index contributed by atoms with van der Waals surface area (Å²) in [6.07, 6.45) is 4.96. The fourth-order valence-electron chi connectivity index (χ4n) is 1.92. The van der Waals surface area contributed by atoms with Gasteiger partial charge in [0.2, 0.25) is 5.91 Å². The second kappa shape index (κ2) is 8.06.